The zero-order chi connectivity index (χ0) is 24.4. The van der Waals surface area contributed by atoms with Crippen molar-refractivity contribution in [3.8, 4) is 17.2 Å². The van der Waals surface area contributed by atoms with Crippen LogP contribution < -0.4 is 24.8 Å². The van der Waals surface area contributed by atoms with Gasteiger partial charge in [0, 0.05) is 12.1 Å². The molecule has 2 N–H and O–H groups in total. The van der Waals surface area contributed by atoms with Crippen LogP contribution in [-0.4, -0.2) is 44.7 Å². The van der Waals surface area contributed by atoms with E-state index in [9.17, 15) is 18.4 Å². The van der Waals surface area contributed by atoms with Crippen molar-refractivity contribution < 1.29 is 32.6 Å². The van der Waals surface area contributed by atoms with Gasteiger partial charge in [-0.3, -0.25) is 9.59 Å². The summed E-state index contributed by atoms with van der Waals surface area (Å²) in [5.41, 5.74) is 1.10. The lowest BCUT2D eigenvalue weighted by Crippen LogP contribution is -2.50. The Kier molecular flexibility index (Phi) is 9.90. The summed E-state index contributed by atoms with van der Waals surface area (Å²) in [4.78, 5) is 25.3. The molecule has 2 amide bonds. The van der Waals surface area contributed by atoms with E-state index in [2.05, 4.69) is 15.4 Å². The molecule has 0 fully saturated rings. The molecule has 0 aliphatic heterocycles. The van der Waals surface area contributed by atoms with Gasteiger partial charge in [0.15, 0.2) is 11.5 Å². The lowest BCUT2D eigenvalue weighted by atomic mass is 10.0. The minimum absolute atomic E-state index is 0.0704. The van der Waals surface area contributed by atoms with E-state index < -0.39 is 12.7 Å². The Bertz CT molecular complexity index is 920. The van der Waals surface area contributed by atoms with Crippen molar-refractivity contribution in [2.75, 3.05) is 20.3 Å². The van der Waals surface area contributed by atoms with Crippen molar-refractivity contribution in [3.05, 3.63) is 53.6 Å². The van der Waals surface area contributed by atoms with Crippen molar-refractivity contribution in [1.29, 1.82) is 0 Å². The Hall–Kier alpha value is -3.36. The van der Waals surface area contributed by atoms with Gasteiger partial charge in [0.1, 0.15) is 11.8 Å². The van der Waals surface area contributed by atoms with Crippen LogP contribution in [0.5, 0.6) is 17.2 Å². The van der Waals surface area contributed by atoms with Crippen LogP contribution in [0.3, 0.4) is 0 Å². The van der Waals surface area contributed by atoms with Crippen molar-refractivity contribution in [2.24, 2.45) is 5.92 Å². The SMILES string of the molecule is CCOc1ccc(C(=O)NC(C(=O)NCCc2ccc(OC)c(OC(F)F)c2)C(C)C)cc1. The molecule has 1 unspecified atom stereocenters. The van der Waals surface area contributed by atoms with Crippen LogP contribution in [0.15, 0.2) is 42.5 Å². The Balaban J connectivity index is 1.95. The lowest BCUT2D eigenvalue weighted by Gasteiger charge is -2.22. The van der Waals surface area contributed by atoms with Gasteiger partial charge in [-0.1, -0.05) is 19.9 Å². The fourth-order valence-corrected chi connectivity index (χ4v) is 3.13. The molecule has 180 valence electrons. The number of carbonyl (C=O) groups is 2. The van der Waals surface area contributed by atoms with E-state index in [4.69, 9.17) is 9.47 Å². The van der Waals surface area contributed by atoms with E-state index in [-0.39, 0.29) is 35.8 Å². The summed E-state index contributed by atoms with van der Waals surface area (Å²) in [5.74, 6) is -0.0619. The van der Waals surface area contributed by atoms with Crippen LogP contribution in [-0.2, 0) is 11.2 Å². The third-order valence-electron chi connectivity index (χ3n) is 4.82. The average molecular weight is 465 g/mol. The van der Waals surface area contributed by atoms with Crippen molar-refractivity contribution in [1.82, 2.24) is 10.6 Å². The highest BCUT2D eigenvalue weighted by Crippen LogP contribution is 2.29. The molecule has 2 aromatic rings. The number of halogens is 2. The van der Waals surface area contributed by atoms with E-state index in [0.29, 0.717) is 29.9 Å². The van der Waals surface area contributed by atoms with E-state index >= 15 is 0 Å². The number of nitrogens with one attached hydrogen (secondary N) is 2. The Morgan fingerprint density at radius 1 is 1.03 bits per heavy atom. The molecule has 0 bridgehead atoms. The highest BCUT2D eigenvalue weighted by Gasteiger charge is 2.24. The molecular formula is C24H30F2N2O5. The molecule has 1 atom stereocenters. The molecule has 0 spiro atoms. The first-order valence-corrected chi connectivity index (χ1v) is 10.7. The summed E-state index contributed by atoms with van der Waals surface area (Å²) in [6.07, 6.45) is 0.382. The molecule has 0 aromatic heterocycles. The minimum Gasteiger partial charge on any atom is -0.494 e. The monoisotopic (exact) mass is 464 g/mol. The molecule has 0 saturated heterocycles. The number of ether oxygens (including phenoxy) is 3. The fourth-order valence-electron chi connectivity index (χ4n) is 3.13. The van der Waals surface area contributed by atoms with Gasteiger partial charge >= 0.3 is 6.61 Å². The van der Waals surface area contributed by atoms with Crippen LogP contribution in [0.2, 0.25) is 0 Å². The van der Waals surface area contributed by atoms with Gasteiger partial charge in [0.2, 0.25) is 5.91 Å². The number of hydrogen-bond donors (Lipinski definition) is 2. The number of methoxy groups -OCH3 is 1. The second-order valence-electron chi connectivity index (χ2n) is 7.56. The first-order chi connectivity index (χ1) is 15.7. The normalized spacial score (nSPS) is 11.8. The topological polar surface area (TPSA) is 85.9 Å². The van der Waals surface area contributed by atoms with Crippen LogP contribution in [0.25, 0.3) is 0 Å². The highest BCUT2D eigenvalue weighted by atomic mass is 19.3. The first-order valence-electron chi connectivity index (χ1n) is 10.7. The summed E-state index contributed by atoms with van der Waals surface area (Å²) in [6.45, 7) is 3.34. The maximum atomic E-state index is 12.7. The molecule has 0 heterocycles. The fraction of sp³-hybridized carbons (Fsp3) is 0.417. The molecule has 7 nitrogen and oxygen atoms in total. The molecule has 33 heavy (non-hydrogen) atoms. The lowest BCUT2D eigenvalue weighted by molar-refractivity contribution is -0.123. The summed E-state index contributed by atoms with van der Waals surface area (Å²) in [5, 5.41) is 5.56. The summed E-state index contributed by atoms with van der Waals surface area (Å²) < 4.78 is 40.1. The molecule has 2 aromatic carbocycles. The third kappa shape index (κ3) is 7.93. The Morgan fingerprint density at radius 3 is 2.30 bits per heavy atom. The molecule has 0 saturated carbocycles. The summed E-state index contributed by atoms with van der Waals surface area (Å²) in [7, 11) is 1.36. The molecule has 9 heteroatoms. The van der Waals surface area contributed by atoms with E-state index in [1.807, 2.05) is 20.8 Å². The zero-order valence-corrected chi connectivity index (χ0v) is 19.2. The molecule has 0 aliphatic carbocycles. The number of carbonyl (C=O) groups excluding carboxylic acids is 2. The Morgan fingerprint density at radius 2 is 1.73 bits per heavy atom. The predicted molar refractivity (Wildman–Crippen MR) is 120 cm³/mol. The predicted octanol–water partition coefficient (Wildman–Crippen LogP) is 3.81. The number of amides is 2. The highest BCUT2D eigenvalue weighted by molar-refractivity contribution is 5.97. The minimum atomic E-state index is -2.97. The molecular weight excluding hydrogens is 434 g/mol. The maximum absolute atomic E-state index is 12.7. The van der Waals surface area contributed by atoms with Gasteiger partial charge in [-0.25, -0.2) is 0 Å². The number of alkyl halides is 2. The summed E-state index contributed by atoms with van der Waals surface area (Å²) >= 11 is 0. The van der Waals surface area contributed by atoms with Crippen LogP contribution in [0.4, 0.5) is 8.78 Å². The third-order valence-corrected chi connectivity index (χ3v) is 4.82. The maximum Gasteiger partial charge on any atom is 0.387 e. The molecule has 0 aliphatic rings. The van der Waals surface area contributed by atoms with E-state index in [1.54, 1.807) is 30.3 Å². The average Bonchev–Trinajstić information content (AvgIpc) is 2.77. The zero-order valence-electron chi connectivity index (χ0n) is 19.2. The molecule has 0 radical (unpaired) electrons. The van der Waals surface area contributed by atoms with Gasteiger partial charge in [-0.2, -0.15) is 8.78 Å². The van der Waals surface area contributed by atoms with Gasteiger partial charge < -0.3 is 24.8 Å². The van der Waals surface area contributed by atoms with Gasteiger partial charge in [0.05, 0.1) is 13.7 Å². The van der Waals surface area contributed by atoms with E-state index in [0.717, 1.165) is 0 Å². The van der Waals surface area contributed by atoms with Crippen molar-refractivity contribution >= 4 is 11.8 Å². The number of benzene rings is 2. The van der Waals surface area contributed by atoms with Crippen molar-refractivity contribution in [3.63, 3.8) is 0 Å². The Labute approximate surface area is 192 Å². The van der Waals surface area contributed by atoms with Gasteiger partial charge in [-0.05, 0) is 61.2 Å². The second kappa shape index (κ2) is 12.6. The van der Waals surface area contributed by atoms with Gasteiger partial charge in [-0.15, -0.1) is 0 Å². The largest absolute Gasteiger partial charge is 0.494 e. The van der Waals surface area contributed by atoms with Crippen molar-refractivity contribution in [2.45, 2.75) is 39.8 Å². The van der Waals surface area contributed by atoms with Crippen LogP contribution in [0.1, 0.15) is 36.7 Å². The van der Waals surface area contributed by atoms with Crippen LogP contribution in [0, 0.1) is 5.92 Å². The number of rotatable bonds is 12. The quantitative estimate of drug-likeness (QED) is 0.499. The van der Waals surface area contributed by atoms with Gasteiger partial charge in [0.25, 0.3) is 5.91 Å². The smallest absolute Gasteiger partial charge is 0.387 e. The number of hydrogen-bond acceptors (Lipinski definition) is 5. The molecule has 2 rings (SSSR count). The standard InChI is InChI=1S/C24H30F2N2O5/c1-5-32-18-9-7-17(8-10-18)22(29)28-21(15(2)3)23(30)27-13-12-16-6-11-19(31-4)20(14-16)33-24(25)26/h6-11,14-15,21,24H,5,12-13H2,1-4H3,(H,27,30)(H,28,29). The second-order valence-corrected chi connectivity index (χ2v) is 7.56. The van der Waals surface area contributed by atoms with E-state index in [1.165, 1.54) is 19.2 Å². The van der Waals surface area contributed by atoms with Crippen LogP contribution >= 0.6 is 0 Å². The summed E-state index contributed by atoms with van der Waals surface area (Å²) in [6, 6.07) is 10.6. The first kappa shape index (κ1) is 25.9.